The van der Waals surface area contributed by atoms with E-state index in [-0.39, 0.29) is 0 Å². The Morgan fingerprint density at radius 1 is 0.833 bits per heavy atom. The van der Waals surface area contributed by atoms with Crippen LogP contribution in [0.4, 0.5) is 0 Å². The molecule has 64 valence electrons. The van der Waals surface area contributed by atoms with Gasteiger partial charge in [0.05, 0.1) is 0 Å². The Morgan fingerprint density at radius 3 is 2.00 bits per heavy atom. The summed E-state index contributed by atoms with van der Waals surface area (Å²) in [6, 6.07) is 0. The van der Waals surface area contributed by atoms with Gasteiger partial charge in [-0.25, -0.2) is 0 Å². The predicted molar refractivity (Wildman–Crippen MR) is 51.9 cm³/mol. The first-order valence-corrected chi connectivity index (χ1v) is 4.67. The quantitative estimate of drug-likeness (QED) is 0.572. The number of allylic oxidation sites excluding steroid dienone is 4. The lowest BCUT2D eigenvalue weighted by molar-refractivity contribution is 0.373. The Balaban J connectivity index is 2.14. The first-order valence-electron chi connectivity index (χ1n) is 4.67. The summed E-state index contributed by atoms with van der Waals surface area (Å²) >= 11 is 0. The van der Waals surface area contributed by atoms with E-state index in [1.807, 2.05) is 0 Å². The van der Waals surface area contributed by atoms with E-state index in [0.717, 1.165) is 24.9 Å². The van der Waals surface area contributed by atoms with E-state index in [1.165, 1.54) is 6.42 Å². The average Bonchev–Trinajstić information content (AvgIpc) is 2.17. The van der Waals surface area contributed by atoms with E-state index in [0.29, 0.717) is 0 Å². The maximum Gasteiger partial charge on any atom is 0.00147 e. The maximum absolute atomic E-state index is 3.45. The summed E-state index contributed by atoms with van der Waals surface area (Å²) in [6.07, 6.45) is 14.5. The number of rotatable bonds is 0. The molecule has 1 aliphatic heterocycles. The molecule has 0 aromatic carbocycles. The molecule has 2 aliphatic rings. The Bertz CT molecular complexity index is 203. The lowest BCUT2D eigenvalue weighted by Crippen LogP contribution is -2.34. The summed E-state index contributed by atoms with van der Waals surface area (Å²) in [4.78, 5) is 0. The predicted octanol–water partition coefficient (Wildman–Crippen LogP) is 1.89. The van der Waals surface area contributed by atoms with Gasteiger partial charge in [0.1, 0.15) is 0 Å². The molecule has 0 saturated carbocycles. The van der Waals surface area contributed by atoms with Crippen molar-refractivity contribution in [3.05, 3.63) is 36.5 Å². The van der Waals surface area contributed by atoms with Crippen LogP contribution in [-0.4, -0.2) is 13.1 Å². The molecule has 2 rings (SSSR count). The summed E-state index contributed by atoms with van der Waals surface area (Å²) in [5.74, 6) is 1.47. The zero-order chi connectivity index (χ0) is 8.23. The van der Waals surface area contributed by atoms with Crippen LogP contribution in [0.1, 0.15) is 6.42 Å². The molecule has 1 heterocycles. The Hall–Kier alpha value is -0.820. The molecule has 1 nitrogen and oxygen atoms in total. The molecular weight excluding hydrogens is 146 g/mol. The molecule has 1 heteroatoms. The molecular formula is C11H15N. The van der Waals surface area contributed by atoms with Gasteiger partial charge in [0, 0.05) is 13.1 Å². The van der Waals surface area contributed by atoms with Gasteiger partial charge in [0.2, 0.25) is 0 Å². The molecule has 2 atom stereocenters. The number of piperidine rings is 1. The van der Waals surface area contributed by atoms with Crippen LogP contribution in [0.2, 0.25) is 0 Å². The van der Waals surface area contributed by atoms with Crippen LogP contribution in [0.25, 0.3) is 0 Å². The second-order valence-corrected chi connectivity index (χ2v) is 3.57. The SMILES string of the molecule is C1=CC=CC2CNCC(C=C1)C2. The van der Waals surface area contributed by atoms with Crippen LogP contribution in [-0.2, 0) is 0 Å². The zero-order valence-corrected chi connectivity index (χ0v) is 7.24. The molecule has 1 aliphatic carbocycles. The van der Waals surface area contributed by atoms with Crippen LogP contribution >= 0.6 is 0 Å². The van der Waals surface area contributed by atoms with Crippen LogP contribution in [0.3, 0.4) is 0 Å². The normalized spacial score (nSPS) is 34.0. The molecule has 2 bridgehead atoms. The minimum Gasteiger partial charge on any atom is -0.316 e. The zero-order valence-electron chi connectivity index (χ0n) is 7.24. The van der Waals surface area contributed by atoms with Gasteiger partial charge in [-0.05, 0) is 18.3 Å². The fourth-order valence-corrected chi connectivity index (χ4v) is 1.87. The van der Waals surface area contributed by atoms with Crippen molar-refractivity contribution in [2.45, 2.75) is 6.42 Å². The van der Waals surface area contributed by atoms with Gasteiger partial charge in [0.15, 0.2) is 0 Å². The highest BCUT2D eigenvalue weighted by molar-refractivity contribution is 5.15. The smallest absolute Gasteiger partial charge is 0.00147 e. The highest BCUT2D eigenvalue weighted by Crippen LogP contribution is 2.19. The molecule has 1 fully saturated rings. The van der Waals surface area contributed by atoms with E-state index in [1.54, 1.807) is 0 Å². The minimum absolute atomic E-state index is 0.733. The van der Waals surface area contributed by atoms with Crippen molar-refractivity contribution >= 4 is 0 Å². The molecule has 0 aromatic heterocycles. The molecule has 2 unspecified atom stereocenters. The summed E-state index contributed by atoms with van der Waals surface area (Å²) in [5, 5.41) is 3.45. The van der Waals surface area contributed by atoms with Crippen molar-refractivity contribution in [1.29, 1.82) is 0 Å². The van der Waals surface area contributed by atoms with Crippen molar-refractivity contribution in [1.82, 2.24) is 5.32 Å². The van der Waals surface area contributed by atoms with E-state index < -0.39 is 0 Å². The van der Waals surface area contributed by atoms with Gasteiger partial charge >= 0.3 is 0 Å². The molecule has 0 radical (unpaired) electrons. The first-order chi connectivity index (χ1) is 5.95. The van der Waals surface area contributed by atoms with Gasteiger partial charge in [-0.15, -0.1) is 0 Å². The third kappa shape index (κ3) is 1.86. The summed E-state index contributed by atoms with van der Waals surface area (Å²) in [5.41, 5.74) is 0. The van der Waals surface area contributed by atoms with E-state index in [9.17, 15) is 0 Å². The number of hydrogen-bond donors (Lipinski definition) is 1. The third-order valence-electron chi connectivity index (χ3n) is 2.52. The van der Waals surface area contributed by atoms with Crippen molar-refractivity contribution in [3.63, 3.8) is 0 Å². The largest absolute Gasteiger partial charge is 0.316 e. The monoisotopic (exact) mass is 161 g/mol. The molecule has 0 spiro atoms. The first kappa shape index (κ1) is 7.81. The summed E-state index contributed by atoms with van der Waals surface area (Å²) in [7, 11) is 0. The van der Waals surface area contributed by atoms with Gasteiger partial charge in [-0.3, -0.25) is 0 Å². The summed E-state index contributed by atoms with van der Waals surface area (Å²) < 4.78 is 0. The summed E-state index contributed by atoms with van der Waals surface area (Å²) in [6.45, 7) is 2.30. The lowest BCUT2D eigenvalue weighted by atomic mass is 9.90. The van der Waals surface area contributed by atoms with Gasteiger partial charge in [-0.2, -0.15) is 0 Å². The third-order valence-corrected chi connectivity index (χ3v) is 2.52. The Morgan fingerprint density at radius 2 is 1.42 bits per heavy atom. The van der Waals surface area contributed by atoms with Crippen LogP contribution in [0.15, 0.2) is 36.5 Å². The highest BCUT2D eigenvalue weighted by Gasteiger charge is 2.17. The highest BCUT2D eigenvalue weighted by atomic mass is 14.9. The lowest BCUT2D eigenvalue weighted by Gasteiger charge is -2.25. The standard InChI is InChI=1S/C11H15N/c1-2-4-6-11-7-10(5-3-1)8-12-9-11/h1-6,10-12H,7-9H2. The van der Waals surface area contributed by atoms with Crippen molar-refractivity contribution < 1.29 is 0 Å². The number of fused-ring (bicyclic) bond motifs is 2. The second-order valence-electron chi connectivity index (χ2n) is 3.57. The Kier molecular flexibility index (Phi) is 2.42. The van der Waals surface area contributed by atoms with Gasteiger partial charge in [0.25, 0.3) is 0 Å². The van der Waals surface area contributed by atoms with Gasteiger partial charge in [-0.1, -0.05) is 36.5 Å². The molecule has 12 heavy (non-hydrogen) atoms. The minimum atomic E-state index is 0.733. The number of nitrogens with one attached hydrogen (secondary N) is 1. The topological polar surface area (TPSA) is 12.0 Å². The molecule has 0 aromatic rings. The van der Waals surface area contributed by atoms with Crippen LogP contribution in [0, 0.1) is 11.8 Å². The fraction of sp³-hybridized carbons (Fsp3) is 0.455. The number of hydrogen-bond acceptors (Lipinski definition) is 1. The Labute approximate surface area is 73.9 Å². The maximum atomic E-state index is 3.45. The van der Waals surface area contributed by atoms with E-state index in [2.05, 4.69) is 41.8 Å². The molecule has 1 saturated heterocycles. The van der Waals surface area contributed by atoms with Crippen LogP contribution in [0.5, 0.6) is 0 Å². The second kappa shape index (κ2) is 3.72. The van der Waals surface area contributed by atoms with E-state index in [4.69, 9.17) is 0 Å². The van der Waals surface area contributed by atoms with Crippen molar-refractivity contribution in [2.24, 2.45) is 11.8 Å². The van der Waals surface area contributed by atoms with Crippen molar-refractivity contribution in [2.75, 3.05) is 13.1 Å². The fourth-order valence-electron chi connectivity index (χ4n) is 1.87. The molecule has 0 amide bonds. The van der Waals surface area contributed by atoms with E-state index >= 15 is 0 Å². The average molecular weight is 161 g/mol. The van der Waals surface area contributed by atoms with Crippen molar-refractivity contribution in [3.8, 4) is 0 Å². The van der Waals surface area contributed by atoms with Gasteiger partial charge < -0.3 is 5.32 Å². The molecule has 1 N–H and O–H groups in total. The van der Waals surface area contributed by atoms with Crippen LogP contribution < -0.4 is 5.32 Å².